The van der Waals surface area contributed by atoms with E-state index in [1.165, 1.54) is 26.0 Å². The van der Waals surface area contributed by atoms with Gasteiger partial charge in [0.15, 0.2) is 5.75 Å². The lowest BCUT2D eigenvalue weighted by Crippen LogP contribution is -2.14. The topological polar surface area (TPSA) is 81.4 Å². The first-order chi connectivity index (χ1) is 8.02. The van der Waals surface area contributed by atoms with Gasteiger partial charge in [-0.15, -0.1) is 0 Å². The Balaban J connectivity index is 2.30. The lowest BCUT2D eigenvalue weighted by Gasteiger charge is -2.13. The SMILES string of the molecule is COc1c(NCC2CC2)cccc1S(N)(=O)=O. The Hall–Kier alpha value is -1.27. The number of ether oxygens (including phenoxy) is 1. The predicted molar refractivity (Wildman–Crippen MR) is 65.6 cm³/mol. The highest BCUT2D eigenvalue weighted by Crippen LogP contribution is 2.34. The first kappa shape index (κ1) is 12.2. The molecular weight excluding hydrogens is 240 g/mol. The van der Waals surface area contributed by atoms with Crippen molar-refractivity contribution in [1.29, 1.82) is 0 Å². The minimum Gasteiger partial charge on any atom is -0.493 e. The highest BCUT2D eigenvalue weighted by atomic mass is 32.2. The molecule has 0 saturated heterocycles. The molecule has 17 heavy (non-hydrogen) atoms. The van der Waals surface area contributed by atoms with Crippen LogP contribution >= 0.6 is 0 Å². The molecule has 0 radical (unpaired) electrons. The van der Waals surface area contributed by atoms with Gasteiger partial charge in [-0.05, 0) is 30.9 Å². The fourth-order valence-corrected chi connectivity index (χ4v) is 2.39. The second kappa shape index (κ2) is 4.54. The molecule has 3 N–H and O–H groups in total. The highest BCUT2D eigenvalue weighted by Gasteiger charge is 2.22. The maximum Gasteiger partial charge on any atom is 0.241 e. The van der Waals surface area contributed by atoms with Gasteiger partial charge in [0.2, 0.25) is 10.0 Å². The fourth-order valence-electron chi connectivity index (χ4n) is 1.67. The zero-order chi connectivity index (χ0) is 12.5. The van der Waals surface area contributed by atoms with E-state index in [2.05, 4.69) is 5.32 Å². The zero-order valence-electron chi connectivity index (χ0n) is 9.64. The van der Waals surface area contributed by atoms with Gasteiger partial charge in [0.25, 0.3) is 0 Å². The van der Waals surface area contributed by atoms with Crippen LogP contribution in [0.3, 0.4) is 0 Å². The molecule has 1 aliphatic carbocycles. The number of anilines is 1. The van der Waals surface area contributed by atoms with Gasteiger partial charge in [0.1, 0.15) is 4.90 Å². The van der Waals surface area contributed by atoms with Crippen molar-refractivity contribution in [3.8, 4) is 5.75 Å². The van der Waals surface area contributed by atoms with Crippen molar-refractivity contribution >= 4 is 15.7 Å². The Labute approximate surface area is 101 Å². The molecule has 1 aliphatic rings. The Morgan fingerprint density at radius 3 is 2.71 bits per heavy atom. The molecule has 2 rings (SSSR count). The van der Waals surface area contributed by atoms with Crippen LogP contribution in [0.2, 0.25) is 0 Å². The van der Waals surface area contributed by atoms with Crippen molar-refractivity contribution in [2.45, 2.75) is 17.7 Å². The van der Waals surface area contributed by atoms with Crippen LogP contribution in [0.15, 0.2) is 23.1 Å². The molecule has 5 nitrogen and oxygen atoms in total. The molecular formula is C11H16N2O3S. The van der Waals surface area contributed by atoms with E-state index >= 15 is 0 Å². The van der Waals surface area contributed by atoms with Crippen molar-refractivity contribution in [2.24, 2.45) is 11.1 Å². The van der Waals surface area contributed by atoms with E-state index in [-0.39, 0.29) is 10.6 Å². The number of nitrogens with one attached hydrogen (secondary N) is 1. The van der Waals surface area contributed by atoms with Crippen molar-refractivity contribution in [1.82, 2.24) is 0 Å². The molecule has 0 spiro atoms. The molecule has 0 atom stereocenters. The van der Waals surface area contributed by atoms with E-state index in [0.29, 0.717) is 11.6 Å². The Morgan fingerprint density at radius 2 is 2.18 bits per heavy atom. The average Bonchev–Trinajstić information content (AvgIpc) is 3.08. The quantitative estimate of drug-likeness (QED) is 0.828. The molecule has 0 aromatic heterocycles. The predicted octanol–water partition coefficient (Wildman–Crippen LogP) is 1.16. The van der Waals surface area contributed by atoms with Crippen LogP contribution in [-0.2, 0) is 10.0 Å². The average molecular weight is 256 g/mol. The summed E-state index contributed by atoms with van der Waals surface area (Å²) in [6, 6.07) is 4.88. The van der Waals surface area contributed by atoms with Gasteiger partial charge >= 0.3 is 0 Å². The zero-order valence-corrected chi connectivity index (χ0v) is 10.5. The second-order valence-corrected chi connectivity index (χ2v) is 5.74. The number of benzene rings is 1. The van der Waals surface area contributed by atoms with Crippen molar-refractivity contribution in [3.63, 3.8) is 0 Å². The van der Waals surface area contributed by atoms with Crippen molar-refractivity contribution in [3.05, 3.63) is 18.2 Å². The fraction of sp³-hybridized carbons (Fsp3) is 0.455. The van der Waals surface area contributed by atoms with Gasteiger partial charge in [-0.25, -0.2) is 13.6 Å². The summed E-state index contributed by atoms with van der Waals surface area (Å²) in [5.41, 5.74) is 0.672. The molecule has 1 aromatic carbocycles. The molecule has 0 amide bonds. The first-order valence-corrected chi connectivity index (χ1v) is 7.00. The minimum atomic E-state index is -3.76. The molecule has 0 unspecified atom stereocenters. The maximum atomic E-state index is 11.4. The summed E-state index contributed by atoms with van der Waals surface area (Å²) in [7, 11) is -2.32. The largest absolute Gasteiger partial charge is 0.493 e. The van der Waals surface area contributed by atoms with Crippen LogP contribution in [0.4, 0.5) is 5.69 Å². The molecule has 1 aromatic rings. The molecule has 1 fully saturated rings. The van der Waals surface area contributed by atoms with Gasteiger partial charge in [0, 0.05) is 6.54 Å². The normalized spacial score (nSPS) is 15.6. The maximum absolute atomic E-state index is 11.4. The number of primary sulfonamides is 1. The van der Waals surface area contributed by atoms with Gasteiger partial charge in [-0.1, -0.05) is 6.07 Å². The van der Waals surface area contributed by atoms with Crippen LogP contribution in [0.1, 0.15) is 12.8 Å². The molecule has 1 saturated carbocycles. The number of methoxy groups -OCH3 is 1. The molecule has 6 heteroatoms. The molecule has 0 heterocycles. The Kier molecular flexibility index (Phi) is 3.26. The van der Waals surface area contributed by atoms with Crippen LogP contribution in [0.5, 0.6) is 5.75 Å². The standard InChI is InChI=1S/C11H16N2O3S/c1-16-11-9(13-7-8-5-6-8)3-2-4-10(11)17(12,14)15/h2-4,8,13H,5-7H2,1H3,(H2,12,14,15). The van der Waals surface area contributed by atoms with Gasteiger partial charge in [-0.2, -0.15) is 0 Å². The number of hydrogen-bond donors (Lipinski definition) is 2. The van der Waals surface area contributed by atoms with Gasteiger partial charge in [-0.3, -0.25) is 0 Å². The van der Waals surface area contributed by atoms with Crippen LogP contribution in [0.25, 0.3) is 0 Å². The molecule has 94 valence electrons. The first-order valence-electron chi connectivity index (χ1n) is 5.46. The van der Waals surface area contributed by atoms with Gasteiger partial charge in [0.05, 0.1) is 12.8 Å². The summed E-state index contributed by atoms with van der Waals surface area (Å²) in [4.78, 5) is 0.0146. The summed E-state index contributed by atoms with van der Waals surface area (Å²) in [5, 5.41) is 8.33. The Morgan fingerprint density at radius 1 is 1.47 bits per heavy atom. The summed E-state index contributed by atoms with van der Waals surface area (Å²) < 4.78 is 27.9. The summed E-state index contributed by atoms with van der Waals surface area (Å²) in [6.07, 6.45) is 2.45. The molecule has 0 bridgehead atoms. The number of rotatable bonds is 5. The van der Waals surface area contributed by atoms with Crippen molar-refractivity contribution in [2.75, 3.05) is 19.0 Å². The number of hydrogen-bond acceptors (Lipinski definition) is 4. The Bertz CT molecular complexity index is 509. The lowest BCUT2D eigenvalue weighted by molar-refractivity contribution is 0.404. The third-order valence-electron chi connectivity index (χ3n) is 2.77. The van der Waals surface area contributed by atoms with E-state index in [9.17, 15) is 8.42 Å². The third-order valence-corrected chi connectivity index (χ3v) is 3.70. The van der Waals surface area contributed by atoms with Crippen LogP contribution < -0.4 is 15.2 Å². The van der Waals surface area contributed by atoms with Crippen LogP contribution in [0, 0.1) is 5.92 Å². The second-order valence-electron chi connectivity index (χ2n) is 4.21. The van der Waals surface area contributed by atoms with E-state index in [0.717, 1.165) is 6.54 Å². The van der Waals surface area contributed by atoms with Crippen molar-refractivity contribution < 1.29 is 13.2 Å². The number of nitrogens with two attached hydrogens (primary N) is 1. The monoisotopic (exact) mass is 256 g/mol. The summed E-state index contributed by atoms with van der Waals surface area (Å²) >= 11 is 0. The lowest BCUT2D eigenvalue weighted by atomic mass is 10.2. The van der Waals surface area contributed by atoms with E-state index in [1.54, 1.807) is 12.1 Å². The number of para-hydroxylation sites is 1. The summed E-state index contributed by atoms with van der Waals surface area (Å²) in [6.45, 7) is 0.838. The van der Waals surface area contributed by atoms with Crippen LogP contribution in [-0.4, -0.2) is 22.1 Å². The summed E-state index contributed by atoms with van der Waals surface area (Å²) in [5.74, 6) is 0.980. The van der Waals surface area contributed by atoms with E-state index in [4.69, 9.17) is 9.88 Å². The van der Waals surface area contributed by atoms with E-state index < -0.39 is 10.0 Å². The smallest absolute Gasteiger partial charge is 0.241 e. The molecule has 0 aliphatic heterocycles. The minimum absolute atomic E-state index is 0.0146. The highest BCUT2D eigenvalue weighted by molar-refractivity contribution is 7.89. The third kappa shape index (κ3) is 2.89. The number of sulfonamides is 1. The van der Waals surface area contributed by atoms with E-state index in [1.807, 2.05) is 0 Å². The van der Waals surface area contributed by atoms with Gasteiger partial charge < -0.3 is 10.1 Å².